The molecule has 2 saturated heterocycles. The van der Waals surface area contributed by atoms with Crippen molar-refractivity contribution in [3.8, 4) is 0 Å². The fraction of sp³-hybridized carbons (Fsp3) is 0.700. The van der Waals surface area contributed by atoms with Crippen LogP contribution in [0.2, 0.25) is 0 Å². The summed E-state index contributed by atoms with van der Waals surface area (Å²) in [6.45, 7) is 15.0. The lowest BCUT2D eigenvalue weighted by molar-refractivity contribution is -0.0433. The molecule has 0 spiro atoms. The summed E-state index contributed by atoms with van der Waals surface area (Å²) in [7, 11) is -0.483. The second kappa shape index (κ2) is 7.32. The van der Waals surface area contributed by atoms with Gasteiger partial charge in [0.2, 0.25) is 0 Å². The molecule has 0 aliphatic carbocycles. The van der Waals surface area contributed by atoms with Gasteiger partial charge in [-0.3, -0.25) is 4.98 Å². The van der Waals surface area contributed by atoms with Crippen molar-refractivity contribution in [2.75, 3.05) is 19.7 Å². The molecule has 28 heavy (non-hydrogen) atoms. The molecule has 1 aromatic heterocycles. The molecule has 2 aliphatic heterocycles. The van der Waals surface area contributed by atoms with Gasteiger partial charge in [-0.1, -0.05) is 6.07 Å². The molecule has 0 N–H and O–H groups in total. The second-order valence-electron chi connectivity index (χ2n) is 9.43. The zero-order valence-corrected chi connectivity index (χ0v) is 17.9. The summed E-state index contributed by atoms with van der Waals surface area (Å²) in [5, 5.41) is 0. The van der Waals surface area contributed by atoms with Crippen LogP contribution in [0.5, 0.6) is 0 Å². The van der Waals surface area contributed by atoms with Gasteiger partial charge in [0, 0.05) is 30.0 Å². The highest BCUT2D eigenvalue weighted by Gasteiger charge is 2.52. The van der Waals surface area contributed by atoms with Crippen molar-refractivity contribution in [2.45, 2.75) is 71.4 Å². The first-order valence-corrected chi connectivity index (χ1v) is 9.78. The van der Waals surface area contributed by atoms with E-state index in [1.165, 1.54) is 0 Å². The molecule has 1 aromatic rings. The van der Waals surface area contributed by atoms with Crippen LogP contribution in [0, 0.1) is 0 Å². The van der Waals surface area contributed by atoms with Crippen molar-refractivity contribution in [2.24, 2.45) is 0 Å². The average Bonchev–Trinajstić information content (AvgIpc) is 2.81. The molecule has 0 saturated carbocycles. The van der Waals surface area contributed by atoms with Gasteiger partial charge in [-0.2, -0.15) is 0 Å². The molecule has 2 aliphatic rings. The minimum Gasteiger partial charge on any atom is -0.444 e. The van der Waals surface area contributed by atoms with E-state index >= 15 is 0 Å². The van der Waals surface area contributed by atoms with E-state index in [0.717, 1.165) is 11.0 Å². The van der Waals surface area contributed by atoms with Crippen molar-refractivity contribution in [1.29, 1.82) is 0 Å². The van der Waals surface area contributed by atoms with Gasteiger partial charge in [0.1, 0.15) is 11.7 Å². The van der Waals surface area contributed by atoms with Gasteiger partial charge in [0.25, 0.3) is 0 Å². The van der Waals surface area contributed by atoms with E-state index in [1.807, 2.05) is 54.5 Å². The Hall–Kier alpha value is -1.64. The quantitative estimate of drug-likeness (QED) is 0.724. The Kier molecular flexibility index (Phi) is 5.51. The maximum absolute atomic E-state index is 12.4. The van der Waals surface area contributed by atoms with Crippen LogP contribution in [-0.2, 0) is 18.8 Å². The summed E-state index contributed by atoms with van der Waals surface area (Å²) in [6, 6.07) is 1.98. The van der Waals surface area contributed by atoms with Crippen LogP contribution >= 0.6 is 0 Å². The number of carbonyl (C=O) groups excluding carboxylic acids is 1. The molecular weight excluding hydrogens is 359 g/mol. The summed E-state index contributed by atoms with van der Waals surface area (Å²) in [5.74, 6) is 0. The third-order valence-corrected chi connectivity index (χ3v) is 5.40. The number of hydrogen-bond donors (Lipinski definition) is 0. The Labute approximate surface area is 167 Å². The number of nitrogens with zero attached hydrogens (tertiary/aromatic N) is 2. The monoisotopic (exact) mass is 390 g/mol. The Balaban J connectivity index is 1.73. The molecule has 0 bridgehead atoms. The van der Waals surface area contributed by atoms with E-state index in [9.17, 15) is 4.79 Å². The minimum atomic E-state index is -0.525. The number of morpholine rings is 1. The van der Waals surface area contributed by atoms with Gasteiger partial charge in [-0.05, 0) is 48.5 Å². The lowest BCUT2D eigenvalue weighted by Crippen LogP contribution is -2.45. The number of amides is 1. The average molecular weight is 390 g/mol. The Morgan fingerprint density at radius 1 is 1.21 bits per heavy atom. The summed E-state index contributed by atoms with van der Waals surface area (Å²) >= 11 is 0. The first kappa shape index (κ1) is 21.1. The highest BCUT2D eigenvalue weighted by molar-refractivity contribution is 6.62. The van der Waals surface area contributed by atoms with E-state index in [2.05, 4.69) is 4.98 Å². The Bertz CT molecular complexity index is 716. The van der Waals surface area contributed by atoms with Crippen molar-refractivity contribution in [3.63, 3.8) is 0 Å². The molecule has 0 radical (unpaired) electrons. The smallest absolute Gasteiger partial charge is 0.444 e. The maximum atomic E-state index is 12.4. The van der Waals surface area contributed by atoms with E-state index in [1.54, 1.807) is 17.3 Å². The number of rotatable bonds is 2. The van der Waals surface area contributed by atoms with Gasteiger partial charge in [0.05, 0.1) is 24.4 Å². The second-order valence-corrected chi connectivity index (χ2v) is 9.43. The molecule has 8 heteroatoms. The van der Waals surface area contributed by atoms with Crippen LogP contribution in [0.25, 0.3) is 0 Å². The predicted molar refractivity (Wildman–Crippen MR) is 106 cm³/mol. The normalized spacial score (nSPS) is 24.3. The zero-order chi connectivity index (χ0) is 20.7. The van der Waals surface area contributed by atoms with E-state index in [-0.39, 0.29) is 12.2 Å². The number of ether oxygens (including phenoxy) is 2. The number of pyridine rings is 1. The van der Waals surface area contributed by atoms with E-state index in [0.29, 0.717) is 19.7 Å². The van der Waals surface area contributed by atoms with Crippen molar-refractivity contribution in [1.82, 2.24) is 9.88 Å². The molecule has 1 amide bonds. The van der Waals surface area contributed by atoms with Gasteiger partial charge in [0.15, 0.2) is 0 Å². The Morgan fingerprint density at radius 2 is 1.86 bits per heavy atom. The first-order chi connectivity index (χ1) is 12.9. The van der Waals surface area contributed by atoms with Crippen LogP contribution in [0.15, 0.2) is 18.5 Å². The van der Waals surface area contributed by atoms with Gasteiger partial charge in [-0.15, -0.1) is 0 Å². The van der Waals surface area contributed by atoms with E-state index in [4.69, 9.17) is 18.8 Å². The third kappa shape index (κ3) is 4.50. The summed E-state index contributed by atoms with van der Waals surface area (Å²) in [6.07, 6.45) is 2.92. The number of hydrogen-bond acceptors (Lipinski definition) is 6. The molecule has 2 fully saturated rings. The SMILES string of the molecule is CC(C)(C)OC(=O)N1CCOC(c2cncc(B3OC(C)(C)C(C)(C)O3)c2)C1. The summed E-state index contributed by atoms with van der Waals surface area (Å²) < 4.78 is 23.6. The van der Waals surface area contributed by atoms with Crippen LogP contribution in [0.3, 0.4) is 0 Å². The summed E-state index contributed by atoms with van der Waals surface area (Å²) in [5.41, 5.74) is 0.378. The number of carbonyl (C=O) groups is 1. The molecule has 0 aromatic carbocycles. The minimum absolute atomic E-state index is 0.267. The number of aromatic nitrogens is 1. The van der Waals surface area contributed by atoms with Crippen molar-refractivity contribution < 1.29 is 23.6 Å². The molecule has 3 heterocycles. The summed E-state index contributed by atoms with van der Waals surface area (Å²) in [4.78, 5) is 18.4. The zero-order valence-electron chi connectivity index (χ0n) is 17.9. The van der Waals surface area contributed by atoms with Crippen LogP contribution in [0.1, 0.15) is 60.1 Å². The van der Waals surface area contributed by atoms with Gasteiger partial charge < -0.3 is 23.7 Å². The topological polar surface area (TPSA) is 70.1 Å². The molecule has 3 rings (SSSR count). The maximum Gasteiger partial charge on any atom is 0.496 e. The van der Waals surface area contributed by atoms with Crippen LogP contribution < -0.4 is 5.46 Å². The highest BCUT2D eigenvalue weighted by Crippen LogP contribution is 2.36. The third-order valence-electron chi connectivity index (χ3n) is 5.40. The molecular formula is C20H31BN2O5. The lowest BCUT2D eigenvalue weighted by Gasteiger charge is -2.34. The largest absolute Gasteiger partial charge is 0.496 e. The Morgan fingerprint density at radius 3 is 2.46 bits per heavy atom. The molecule has 1 unspecified atom stereocenters. The molecule has 154 valence electrons. The van der Waals surface area contributed by atoms with Gasteiger partial charge in [-0.25, -0.2) is 4.79 Å². The van der Waals surface area contributed by atoms with Gasteiger partial charge >= 0.3 is 13.2 Å². The predicted octanol–water partition coefficient (Wildman–Crippen LogP) is 2.69. The fourth-order valence-corrected chi connectivity index (χ4v) is 3.10. The van der Waals surface area contributed by atoms with E-state index < -0.39 is 23.9 Å². The standard InChI is InChI=1S/C20H31BN2O5/c1-18(2,3)26-17(24)23-8-9-25-16(13-23)14-10-15(12-22-11-14)21-27-19(4,5)20(6,7)28-21/h10-12,16H,8-9,13H2,1-7H3. The molecule has 7 nitrogen and oxygen atoms in total. The van der Waals surface area contributed by atoms with Crippen LogP contribution in [-0.4, -0.2) is 59.6 Å². The van der Waals surface area contributed by atoms with Crippen LogP contribution in [0.4, 0.5) is 4.79 Å². The first-order valence-electron chi connectivity index (χ1n) is 9.78. The van der Waals surface area contributed by atoms with Crippen molar-refractivity contribution in [3.05, 3.63) is 24.0 Å². The highest BCUT2D eigenvalue weighted by atomic mass is 16.7. The molecule has 1 atom stereocenters. The fourth-order valence-electron chi connectivity index (χ4n) is 3.10. The van der Waals surface area contributed by atoms with Crippen molar-refractivity contribution >= 4 is 18.7 Å². The lowest BCUT2D eigenvalue weighted by atomic mass is 9.79.